The SMILES string of the molecule is P.P.[Si].[Y]. The molecule has 5 radical (unpaired) electrons. The third-order valence-corrected chi connectivity index (χ3v) is 0. The van der Waals surface area contributed by atoms with Crippen molar-refractivity contribution in [2.24, 2.45) is 0 Å². The Bertz CT molecular complexity index is 6.00. The molecule has 0 aliphatic rings. The molecule has 0 bridgehead atoms. The zero-order valence-electron chi connectivity index (χ0n) is 2.49. The van der Waals surface area contributed by atoms with Gasteiger partial charge in [-0.2, -0.15) is 19.8 Å². The van der Waals surface area contributed by atoms with Gasteiger partial charge in [-0.25, -0.2) is 0 Å². The molecule has 4 heavy (non-hydrogen) atoms. The monoisotopic (exact) mass is 185 g/mol. The van der Waals surface area contributed by atoms with Crippen molar-refractivity contribution in [3.8, 4) is 0 Å². The van der Waals surface area contributed by atoms with Crippen molar-refractivity contribution < 1.29 is 32.7 Å². The third kappa shape index (κ3) is 8.89. The van der Waals surface area contributed by atoms with Crippen LogP contribution in [0, 0.1) is 0 Å². The molecule has 0 rings (SSSR count). The summed E-state index contributed by atoms with van der Waals surface area (Å²) in [5, 5.41) is 0. The Morgan fingerprint density at radius 3 is 0.750 bits per heavy atom. The van der Waals surface area contributed by atoms with Crippen LogP contribution in [0.1, 0.15) is 0 Å². The minimum atomic E-state index is 0. The normalized spacial score (nSPS) is 0. The van der Waals surface area contributed by atoms with Crippen molar-refractivity contribution in [2.45, 2.75) is 0 Å². The van der Waals surface area contributed by atoms with Crippen LogP contribution in [-0.4, -0.2) is 11.0 Å². The quantitative estimate of drug-likeness (QED) is 0.360. The predicted octanol–water partition coefficient (Wildman–Crippen LogP) is -0.267. The van der Waals surface area contributed by atoms with Gasteiger partial charge in [0.15, 0.2) is 0 Å². The van der Waals surface area contributed by atoms with E-state index >= 15 is 0 Å². The minimum Gasteiger partial charge on any atom is -0.153 e. The number of rotatable bonds is 0. The first-order chi connectivity index (χ1) is 0. The molecule has 2 atom stereocenters. The molecular weight excluding hydrogens is 179 g/mol. The Hall–Kier alpha value is 2.18. The summed E-state index contributed by atoms with van der Waals surface area (Å²) in [6.07, 6.45) is 0. The van der Waals surface area contributed by atoms with Gasteiger partial charge in [0.1, 0.15) is 0 Å². The summed E-state index contributed by atoms with van der Waals surface area (Å²) < 4.78 is 0. The van der Waals surface area contributed by atoms with Gasteiger partial charge in [0.05, 0.1) is 0 Å². The molecule has 23 valence electrons. The van der Waals surface area contributed by atoms with Crippen LogP contribution >= 0.6 is 19.8 Å². The van der Waals surface area contributed by atoms with Gasteiger partial charge in [-0.15, -0.1) is 0 Å². The van der Waals surface area contributed by atoms with E-state index < -0.39 is 0 Å². The molecule has 0 fully saturated rings. The Morgan fingerprint density at radius 1 is 0.750 bits per heavy atom. The number of hydrogen-bond acceptors (Lipinski definition) is 0. The van der Waals surface area contributed by atoms with E-state index in [1.165, 1.54) is 0 Å². The molecule has 0 N–H and O–H groups in total. The van der Waals surface area contributed by atoms with Crippen molar-refractivity contribution in [2.75, 3.05) is 0 Å². The second kappa shape index (κ2) is 19.0. The maximum Gasteiger partial charge on any atom is 0 e. The summed E-state index contributed by atoms with van der Waals surface area (Å²) in [4.78, 5) is 0. The fourth-order valence-electron chi connectivity index (χ4n) is 0. The largest absolute Gasteiger partial charge is 0.153 e. The zero-order chi connectivity index (χ0) is 0. The van der Waals surface area contributed by atoms with E-state index in [0.29, 0.717) is 0 Å². The van der Waals surface area contributed by atoms with Crippen molar-refractivity contribution in [3.05, 3.63) is 0 Å². The van der Waals surface area contributed by atoms with Gasteiger partial charge in [-0.3, -0.25) is 0 Å². The fraction of sp³-hybridized carbons (Fsp3) is 0. The second-order valence-corrected chi connectivity index (χ2v) is 0. The van der Waals surface area contributed by atoms with E-state index in [2.05, 4.69) is 0 Å². The van der Waals surface area contributed by atoms with Crippen molar-refractivity contribution in [1.29, 1.82) is 0 Å². The summed E-state index contributed by atoms with van der Waals surface area (Å²) in [5.41, 5.74) is 0. The van der Waals surface area contributed by atoms with Crippen LogP contribution in [0.5, 0.6) is 0 Å². The van der Waals surface area contributed by atoms with E-state index in [9.17, 15) is 0 Å². The van der Waals surface area contributed by atoms with Crippen LogP contribution in [0.2, 0.25) is 0 Å². The smallest absolute Gasteiger partial charge is 0 e. The molecule has 0 spiro atoms. The van der Waals surface area contributed by atoms with Gasteiger partial charge in [0, 0.05) is 43.7 Å². The van der Waals surface area contributed by atoms with Gasteiger partial charge in [-0.1, -0.05) is 0 Å². The molecule has 4 heteroatoms. The average molecular weight is 185 g/mol. The molecule has 2 unspecified atom stereocenters. The van der Waals surface area contributed by atoms with Crippen LogP contribution in [-0.2, 0) is 32.7 Å². The van der Waals surface area contributed by atoms with Crippen LogP contribution in [0.4, 0.5) is 0 Å². The summed E-state index contributed by atoms with van der Waals surface area (Å²) in [6.45, 7) is 0. The van der Waals surface area contributed by atoms with Crippen LogP contribution in [0.3, 0.4) is 0 Å². The van der Waals surface area contributed by atoms with Crippen LogP contribution in [0.25, 0.3) is 0 Å². The second-order valence-electron chi connectivity index (χ2n) is 0. The first-order valence-electron chi connectivity index (χ1n) is 0. The van der Waals surface area contributed by atoms with Crippen molar-refractivity contribution >= 4 is 30.8 Å². The van der Waals surface area contributed by atoms with Gasteiger partial charge in [-0.05, 0) is 0 Å². The number of hydrogen-bond donors (Lipinski definition) is 0. The standard InChI is InChI=1S/2H3P.Si.Y/h2*1H3;;. The topological polar surface area (TPSA) is 0 Å². The molecule has 0 amide bonds. The Morgan fingerprint density at radius 2 is 0.750 bits per heavy atom. The van der Waals surface area contributed by atoms with E-state index in [-0.39, 0.29) is 63.5 Å². The van der Waals surface area contributed by atoms with Gasteiger partial charge < -0.3 is 0 Å². The maximum atomic E-state index is 0. The first kappa shape index (κ1) is 34.9. The minimum absolute atomic E-state index is 0. The summed E-state index contributed by atoms with van der Waals surface area (Å²) in [6, 6.07) is 0. The summed E-state index contributed by atoms with van der Waals surface area (Å²) in [7, 11) is 0. The fourth-order valence-corrected chi connectivity index (χ4v) is 0. The van der Waals surface area contributed by atoms with Gasteiger partial charge in [0.25, 0.3) is 0 Å². The Kier molecular flexibility index (Phi) is 166. The Balaban J connectivity index is 0. The Labute approximate surface area is 63.0 Å². The molecule has 0 aromatic carbocycles. The molecule has 0 aliphatic carbocycles. The molecule has 0 saturated heterocycles. The van der Waals surface area contributed by atoms with Gasteiger partial charge >= 0.3 is 0 Å². The van der Waals surface area contributed by atoms with Gasteiger partial charge in [0.2, 0.25) is 0 Å². The molecule has 0 aliphatic heterocycles. The predicted molar refractivity (Wildman–Crippen MR) is 28.0 cm³/mol. The van der Waals surface area contributed by atoms with Crippen molar-refractivity contribution in [1.82, 2.24) is 0 Å². The van der Waals surface area contributed by atoms with E-state index in [4.69, 9.17) is 0 Å². The molecule has 0 saturated carbocycles. The van der Waals surface area contributed by atoms with E-state index in [1.807, 2.05) is 0 Å². The maximum absolute atomic E-state index is 0. The van der Waals surface area contributed by atoms with E-state index in [0.717, 1.165) is 0 Å². The molecular formula is H6P2SiY. The van der Waals surface area contributed by atoms with E-state index in [1.54, 1.807) is 0 Å². The zero-order valence-corrected chi connectivity index (χ0v) is 9.16. The average Bonchev–Trinajstić information content (AvgIpc) is 0. The molecule has 0 aromatic rings. The van der Waals surface area contributed by atoms with Crippen molar-refractivity contribution in [3.63, 3.8) is 0 Å². The molecule has 0 nitrogen and oxygen atoms in total. The first-order valence-corrected chi connectivity index (χ1v) is 0. The summed E-state index contributed by atoms with van der Waals surface area (Å²) >= 11 is 0. The molecule has 0 aromatic heterocycles. The molecule has 0 heterocycles. The summed E-state index contributed by atoms with van der Waals surface area (Å²) in [5.74, 6) is 0. The third-order valence-electron chi connectivity index (χ3n) is 0. The van der Waals surface area contributed by atoms with Crippen LogP contribution < -0.4 is 0 Å². The van der Waals surface area contributed by atoms with Crippen LogP contribution in [0.15, 0.2) is 0 Å².